The normalized spacial score (nSPS) is 11.2. The van der Waals surface area contributed by atoms with Gasteiger partial charge in [-0.2, -0.15) is 0 Å². The molecule has 2 N–H and O–H groups in total. The lowest BCUT2D eigenvalue weighted by Crippen LogP contribution is -2.17. The Kier molecular flexibility index (Phi) is 4.37. The molecule has 0 spiro atoms. The fourth-order valence-electron chi connectivity index (χ4n) is 1.68. The van der Waals surface area contributed by atoms with Gasteiger partial charge in [0, 0.05) is 18.8 Å². The van der Waals surface area contributed by atoms with E-state index in [1.807, 2.05) is 4.72 Å². The van der Waals surface area contributed by atoms with Gasteiger partial charge >= 0.3 is 0 Å². The second kappa shape index (κ2) is 6.04. The summed E-state index contributed by atoms with van der Waals surface area (Å²) in [5.41, 5.74) is -0.457. The summed E-state index contributed by atoms with van der Waals surface area (Å²) in [6.45, 7) is 2.25. The van der Waals surface area contributed by atoms with Crippen LogP contribution in [0.1, 0.15) is 6.92 Å². The van der Waals surface area contributed by atoms with E-state index in [0.717, 1.165) is 18.2 Å². The van der Waals surface area contributed by atoms with Crippen molar-refractivity contribution in [1.29, 1.82) is 0 Å². The Labute approximate surface area is 121 Å². The number of anilines is 2. The molecular weight excluding hydrogens is 300 g/mol. The average molecular weight is 313 g/mol. The summed E-state index contributed by atoms with van der Waals surface area (Å²) in [7, 11) is -4.09. The third-order valence-electron chi connectivity index (χ3n) is 2.58. The topological polar surface area (TPSA) is 71.1 Å². The monoisotopic (exact) mass is 313 g/mol. The van der Waals surface area contributed by atoms with E-state index in [1.54, 1.807) is 6.92 Å². The van der Waals surface area contributed by atoms with E-state index in [-0.39, 0.29) is 10.7 Å². The van der Waals surface area contributed by atoms with Gasteiger partial charge in [0.1, 0.15) is 22.3 Å². The fraction of sp³-hybridized carbons (Fsp3) is 0.154. The molecule has 0 bridgehead atoms. The van der Waals surface area contributed by atoms with Crippen molar-refractivity contribution in [2.24, 2.45) is 0 Å². The van der Waals surface area contributed by atoms with Crippen LogP contribution < -0.4 is 10.0 Å². The molecule has 0 amide bonds. The molecule has 0 aliphatic heterocycles. The molecule has 0 saturated heterocycles. The maximum absolute atomic E-state index is 13.5. The number of sulfonamides is 1. The van der Waals surface area contributed by atoms with Crippen LogP contribution >= 0.6 is 0 Å². The van der Waals surface area contributed by atoms with Gasteiger partial charge in [-0.1, -0.05) is 0 Å². The van der Waals surface area contributed by atoms with Crippen LogP contribution in [-0.2, 0) is 10.0 Å². The molecular formula is C13H13F2N3O2S. The van der Waals surface area contributed by atoms with Gasteiger partial charge in [-0.15, -0.1) is 0 Å². The Balaban J connectivity index is 2.41. The summed E-state index contributed by atoms with van der Waals surface area (Å²) in [5.74, 6) is -1.47. The highest BCUT2D eigenvalue weighted by molar-refractivity contribution is 7.92. The third kappa shape index (κ3) is 3.46. The van der Waals surface area contributed by atoms with Crippen LogP contribution in [0.3, 0.4) is 0 Å². The molecule has 0 unspecified atom stereocenters. The Morgan fingerprint density at radius 3 is 2.71 bits per heavy atom. The summed E-state index contributed by atoms with van der Waals surface area (Å²) in [5, 5.41) is 2.80. The van der Waals surface area contributed by atoms with Gasteiger partial charge < -0.3 is 5.32 Å². The minimum Gasteiger partial charge on any atom is -0.369 e. The van der Waals surface area contributed by atoms with Crippen molar-refractivity contribution in [3.63, 3.8) is 0 Å². The van der Waals surface area contributed by atoms with E-state index in [4.69, 9.17) is 0 Å². The lowest BCUT2D eigenvalue weighted by atomic mass is 10.3. The molecule has 0 radical (unpaired) electrons. The molecule has 1 heterocycles. The molecule has 1 aromatic carbocycles. The van der Waals surface area contributed by atoms with Crippen molar-refractivity contribution < 1.29 is 17.2 Å². The summed E-state index contributed by atoms with van der Waals surface area (Å²) >= 11 is 0. The number of pyridine rings is 1. The zero-order valence-electron chi connectivity index (χ0n) is 11.1. The zero-order chi connectivity index (χ0) is 15.5. The SMILES string of the molecule is CCNc1ncccc1S(=O)(=O)Nc1cc(F)ccc1F. The molecule has 0 aliphatic carbocycles. The van der Waals surface area contributed by atoms with Crippen LogP contribution in [0.2, 0.25) is 0 Å². The highest BCUT2D eigenvalue weighted by atomic mass is 32.2. The number of hydrogen-bond acceptors (Lipinski definition) is 4. The molecule has 5 nitrogen and oxygen atoms in total. The second-order valence-corrected chi connectivity index (χ2v) is 5.76. The first kappa shape index (κ1) is 15.2. The lowest BCUT2D eigenvalue weighted by molar-refractivity contribution is 0.594. The van der Waals surface area contributed by atoms with Gasteiger partial charge in [0.15, 0.2) is 0 Å². The lowest BCUT2D eigenvalue weighted by Gasteiger charge is -2.12. The predicted octanol–water partition coefficient (Wildman–Crippen LogP) is 2.59. The van der Waals surface area contributed by atoms with E-state index in [2.05, 4.69) is 10.3 Å². The second-order valence-electron chi connectivity index (χ2n) is 4.11. The van der Waals surface area contributed by atoms with Gasteiger partial charge in [-0.25, -0.2) is 22.2 Å². The average Bonchev–Trinajstić information content (AvgIpc) is 2.43. The van der Waals surface area contributed by atoms with Crippen LogP contribution in [0.5, 0.6) is 0 Å². The van der Waals surface area contributed by atoms with Crippen LogP contribution in [-0.4, -0.2) is 19.9 Å². The summed E-state index contributed by atoms with van der Waals surface area (Å²) in [4.78, 5) is 3.78. The molecule has 8 heteroatoms. The van der Waals surface area contributed by atoms with Crippen molar-refractivity contribution in [3.05, 3.63) is 48.2 Å². The summed E-state index contributed by atoms with van der Waals surface area (Å²) in [6, 6.07) is 5.29. The first-order chi connectivity index (χ1) is 9.94. The minimum absolute atomic E-state index is 0.143. The Hall–Kier alpha value is -2.22. The summed E-state index contributed by atoms with van der Waals surface area (Å²) < 4.78 is 53.2. The minimum atomic E-state index is -4.09. The predicted molar refractivity (Wildman–Crippen MR) is 75.6 cm³/mol. The molecule has 0 atom stereocenters. The Morgan fingerprint density at radius 2 is 2.00 bits per heavy atom. The fourth-order valence-corrected chi connectivity index (χ4v) is 2.88. The zero-order valence-corrected chi connectivity index (χ0v) is 11.9. The highest BCUT2D eigenvalue weighted by Gasteiger charge is 2.21. The standard InChI is InChI=1S/C13H13F2N3O2S/c1-2-16-13-12(4-3-7-17-13)21(19,20)18-11-8-9(14)5-6-10(11)15/h3-8,18H,2H2,1H3,(H,16,17). The van der Waals surface area contributed by atoms with Crippen molar-refractivity contribution in [3.8, 4) is 0 Å². The van der Waals surface area contributed by atoms with Crippen LogP contribution in [0.15, 0.2) is 41.4 Å². The molecule has 0 saturated carbocycles. The number of nitrogens with one attached hydrogen (secondary N) is 2. The largest absolute Gasteiger partial charge is 0.369 e. The maximum Gasteiger partial charge on any atom is 0.265 e. The van der Waals surface area contributed by atoms with Crippen molar-refractivity contribution in [2.45, 2.75) is 11.8 Å². The van der Waals surface area contributed by atoms with E-state index >= 15 is 0 Å². The molecule has 0 aliphatic rings. The van der Waals surface area contributed by atoms with Crippen molar-refractivity contribution >= 4 is 21.5 Å². The summed E-state index contributed by atoms with van der Waals surface area (Å²) in [6.07, 6.45) is 1.43. The molecule has 2 rings (SSSR count). The first-order valence-corrected chi connectivity index (χ1v) is 7.59. The Bertz CT molecular complexity index is 751. The van der Waals surface area contributed by atoms with Crippen LogP contribution in [0.4, 0.5) is 20.3 Å². The number of aromatic nitrogens is 1. The maximum atomic E-state index is 13.5. The van der Waals surface area contributed by atoms with Gasteiger partial charge in [0.2, 0.25) is 0 Å². The van der Waals surface area contributed by atoms with Gasteiger partial charge in [0.25, 0.3) is 10.0 Å². The Morgan fingerprint density at radius 1 is 1.24 bits per heavy atom. The smallest absolute Gasteiger partial charge is 0.265 e. The number of benzene rings is 1. The highest BCUT2D eigenvalue weighted by Crippen LogP contribution is 2.23. The van der Waals surface area contributed by atoms with E-state index in [0.29, 0.717) is 6.54 Å². The molecule has 112 valence electrons. The van der Waals surface area contributed by atoms with E-state index in [9.17, 15) is 17.2 Å². The number of nitrogens with zero attached hydrogens (tertiary/aromatic N) is 1. The number of rotatable bonds is 5. The van der Waals surface area contributed by atoms with Gasteiger partial charge in [-0.05, 0) is 31.2 Å². The van der Waals surface area contributed by atoms with Gasteiger partial charge in [0.05, 0.1) is 5.69 Å². The third-order valence-corrected chi connectivity index (χ3v) is 3.97. The van der Waals surface area contributed by atoms with Crippen LogP contribution in [0, 0.1) is 11.6 Å². The first-order valence-electron chi connectivity index (χ1n) is 6.11. The molecule has 21 heavy (non-hydrogen) atoms. The van der Waals surface area contributed by atoms with Gasteiger partial charge in [-0.3, -0.25) is 4.72 Å². The number of hydrogen-bond donors (Lipinski definition) is 2. The van der Waals surface area contributed by atoms with E-state index < -0.39 is 27.3 Å². The van der Waals surface area contributed by atoms with Crippen molar-refractivity contribution in [2.75, 3.05) is 16.6 Å². The molecule has 2 aromatic rings. The van der Waals surface area contributed by atoms with E-state index in [1.165, 1.54) is 18.3 Å². The van der Waals surface area contributed by atoms with Crippen LogP contribution in [0.25, 0.3) is 0 Å². The molecule has 0 fully saturated rings. The molecule has 1 aromatic heterocycles. The van der Waals surface area contributed by atoms with Crippen molar-refractivity contribution in [1.82, 2.24) is 4.98 Å². The quantitative estimate of drug-likeness (QED) is 0.890. The number of halogens is 2.